The van der Waals surface area contributed by atoms with E-state index in [4.69, 9.17) is 0 Å². The highest BCUT2D eigenvalue weighted by atomic mass is 31.1. The third-order valence-corrected chi connectivity index (χ3v) is 4.51. The average molecular weight is 393 g/mol. The molecule has 0 aliphatic heterocycles. The molecule has 0 aliphatic rings. The minimum absolute atomic E-state index is 0.316. The van der Waals surface area contributed by atoms with Crippen molar-refractivity contribution in [1.29, 1.82) is 0 Å². The maximum absolute atomic E-state index is 10.5. The van der Waals surface area contributed by atoms with Crippen LogP contribution in [0.25, 0.3) is 0 Å². The quantitative estimate of drug-likeness (QED) is 0.215. The fourth-order valence-electron chi connectivity index (χ4n) is 2.41. The molecule has 0 amide bonds. The van der Waals surface area contributed by atoms with Crippen molar-refractivity contribution < 1.29 is 14.0 Å². The van der Waals surface area contributed by atoms with Crippen molar-refractivity contribution in [3.63, 3.8) is 0 Å². The van der Waals surface area contributed by atoms with Crippen LogP contribution in [0.15, 0.2) is 24.3 Å². The minimum Gasteiger partial charge on any atom is -0.558 e. The van der Waals surface area contributed by atoms with Crippen LogP contribution in [0, 0.1) is 11.8 Å². The number of hydrogen-bond donors (Lipinski definition) is 0. The molecule has 0 heterocycles. The summed E-state index contributed by atoms with van der Waals surface area (Å²) in [5.41, 5.74) is 0.787. The van der Waals surface area contributed by atoms with Crippen LogP contribution in [0.4, 0.5) is 0 Å². The molecular weight excluding hydrogens is 355 g/mol. The maximum Gasteiger partial charge on any atom is 0.539 e. The standard InChI is InChI=1S/C19H27O3P.C4H10/c1-2-3-4-5-6-7-8-9-10-11-12-14-18-15-13-16-19(17-18)22-23(20)21;1-3-4-2/h13,15-17H,2-11H2,1H3;3-4H2,1-2H3. The predicted molar refractivity (Wildman–Crippen MR) is 114 cm³/mol. The Morgan fingerprint density at radius 3 is 2.04 bits per heavy atom. The average Bonchev–Trinajstić information content (AvgIpc) is 2.66. The predicted octanol–water partition coefficient (Wildman–Crippen LogP) is 7.16. The van der Waals surface area contributed by atoms with Gasteiger partial charge in [0, 0.05) is 18.1 Å². The van der Waals surface area contributed by atoms with E-state index in [-0.39, 0.29) is 0 Å². The van der Waals surface area contributed by atoms with Gasteiger partial charge in [-0.25, -0.2) is 0 Å². The molecule has 1 aromatic rings. The maximum atomic E-state index is 10.5. The van der Waals surface area contributed by atoms with E-state index in [1.54, 1.807) is 18.2 Å². The van der Waals surface area contributed by atoms with Gasteiger partial charge in [-0.15, -0.1) is 0 Å². The molecule has 1 atom stereocenters. The number of hydrogen-bond acceptors (Lipinski definition) is 3. The molecule has 152 valence electrons. The lowest BCUT2D eigenvalue weighted by Gasteiger charge is -2.00. The van der Waals surface area contributed by atoms with Crippen LogP contribution in [-0.2, 0) is 4.57 Å². The van der Waals surface area contributed by atoms with Crippen molar-refractivity contribution in [2.75, 3.05) is 0 Å². The Balaban J connectivity index is 0.00000153. The molecule has 27 heavy (non-hydrogen) atoms. The van der Waals surface area contributed by atoms with Crippen LogP contribution in [-0.4, -0.2) is 0 Å². The van der Waals surface area contributed by atoms with E-state index in [0.717, 1.165) is 18.4 Å². The zero-order valence-corrected chi connectivity index (χ0v) is 18.4. The summed E-state index contributed by atoms with van der Waals surface area (Å²) in [5, 5.41) is 0. The molecule has 0 radical (unpaired) electrons. The third kappa shape index (κ3) is 17.8. The van der Waals surface area contributed by atoms with Crippen molar-refractivity contribution in [1.82, 2.24) is 0 Å². The van der Waals surface area contributed by atoms with Gasteiger partial charge >= 0.3 is 8.25 Å². The molecule has 0 fully saturated rings. The Morgan fingerprint density at radius 2 is 1.48 bits per heavy atom. The van der Waals surface area contributed by atoms with Crippen LogP contribution in [0.3, 0.4) is 0 Å². The van der Waals surface area contributed by atoms with Gasteiger partial charge < -0.3 is 4.89 Å². The molecule has 1 aromatic carbocycles. The van der Waals surface area contributed by atoms with Gasteiger partial charge in [-0.2, -0.15) is 0 Å². The molecule has 1 unspecified atom stereocenters. The second-order valence-electron chi connectivity index (χ2n) is 6.72. The Bertz CT molecular complexity index is 544. The van der Waals surface area contributed by atoms with Gasteiger partial charge in [0.1, 0.15) is 0 Å². The van der Waals surface area contributed by atoms with Gasteiger partial charge in [0.25, 0.3) is 0 Å². The second-order valence-corrected chi connectivity index (χ2v) is 7.35. The van der Waals surface area contributed by atoms with E-state index in [1.165, 1.54) is 64.2 Å². The van der Waals surface area contributed by atoms with Crippen LogP contribution in [0.5, 0.6) is 5.75 Å². The highest BCUT2D eigenvalue weighted by Crippen LogP contribution is 2.20. The first kappa shape index (κ1) is 25.6. The van der Waals surface area contributed by atoms with Crippen LogP contribution >= 0.6 is 8.25 Å². The van der Waals surface area contributed by atoms with Gasteiger partial charge in [-0.1, -0.05) is 103 Å². The van der Waals surface area contributed by atoms with E-state index in [1.807, 2.05) is 6.07 Å². The summed E-state index contributed by atoms with van der Waals surface area (Å²) in [4.78, 5) is 10.5. The minimum atomic E-state index is -2.87. The van der Waals surface area contributed by atoms with Gasteiger partial charge in [0.15, 0.2) is 5.75 Å². The van der Waals surface area contributed by atoms with Gasteiger partial charge in [-0.3, -0.25) is 4.52 Å². The zero-order valence-electron chi connectivity index (χ0n) is 17.5. The highest BCUT2D eigenvalue weighted by molar-refractivity contribution is 7.31. The molecule has 0 bridgehead atoms. The second kappa shape index (κ2) is 19.4. The Hall–Kier alpha value is -1.36. The lowest BCUT2D eigenvalue weighted by atomic mass is 10.1. The van der Waals surface area contributed by atoms with Gasteiger partial charge in [-0.05, 0) is 23.1 Å². The fourth-order valence-corrected chi connectivity index (χ4v) is 2.69. The molecule has 1 rings (SSSR count). The zero-order chi connectivity index (χ0) is 20.2. The first-order valence-corrected chi connectivity index (χ1v) is 11.6. The Kier molecular flexibility index (Phi) is 18.4. The van der Waals surface area contributed by atoms with Crippen molar-refractivity contribution in [2.24, 2.45) is 0 Å². The summed E-state index contributed by atoms with van der Waals surface area (Å²) in [5.74, 6) is 6.52. The molecule has 0 aliphatic carbocycles. The Morgan fingerprint density at radius 1 is 0.889 bits per heavy atom. The van der Waals surface area contributed by atoms with Crippen molar-refractivity contribution in [2.45, 2.75) is 97.8 Å². The Labute approximate surface area is 167 Å². The van der Waals surface area contributed by atoms with Gasteiger partial charge in [0.05, 0.1) is 0 Å². The normalized spacial score (nSPS) is 10.3. The molecule has 4 heteroatoms. The van der Waals surface area contributed by atoms with E-state index in [0.29, 0.717) is 5.75 Å². The number of unbranched alkanes of at least 4 members (excludes halogenated alkanes) is 10. The SMILES string of the molecule is CCCC.CCCCCCCCCCCC#Cc1cccc(O[P+](=O)[O-])c1. The van der Waals surface area contributed by atoms with Gasteiger partial charge in [0.2, 0.25) is 0 Å². The van der Waals surface area contributed by atoms with Crippen LogP contribution in [0.1, 0.15) is 103 Å². The number of benzene rings is 1. The summed E-state index contributed by atoms with van der Waals surface area (Å²) < 4.78 is 15.2. The molecule has 0 aromatic heterocycles. The highest BCUT2D eigenvalue weighted by Gasteiger charge is 2.04. The summed E-state index contributed by atoms with van der Waals surface area (Å²) in [6, 6.07) is 6.86. The van der Waals surface area contributed by atoms with E-state index in [9.17, 15) is 9.46 Å². The smallest absolute Gasteiger partial charge is 0.539 e. The third-order valence-electron chi connectivity index (χ3n) is 4.15. The van der Waals surface area contributed by atoms with Crippen LogP contribution < -0.4 is 9.42 Å². The topological polar surface area (TPSA) is 49.4 Å². The van der Waals surface area contributed by atoms with Crippen molar-refractivity contribution >= 4 is 8.25 Å². The summed E-state index contributed by atoms with van der Waals surface area (Å²) >= 11 is 0. The first-order valence-electron chi connectivity index (χ1n) is 10.5. The molecule has 3 nitrogen and oxygen atoms in total. The first-order chi connectivity index (χ1) is 13.1. The molecule has 0 saturated carbocycles. The lowest BCUT2D eigenvalue weighted by molar-refractivity contribution is -0.178. The summed E-state index contributed by atoms with van der Waals surface area (Å²) in [7, 11) is -2.87. The lowest BCUT2D eigenvalue weighted by Crippen LogP contribution is -1.93. The molecule has 0 saturated heterocycles. The van der Waals surface area contributed by atoms with Crippen molar-refractivity contribution in [3.8, 4) is 17.6 Å². The van der Waals surface area contributed by atoms with E-state index < -0.39 is 8.25 Å². The number of rotatable bonds is 12. The summed E-state index contributed by atoms with van der Waals surface area (Å²) in [6.45, 7) is 6.61. The fraction of sp³-hybridized carbons (Fsp3) is 0.652. The molecular formula is C23H37O3P. The van der Waals surface area contributed by atoms with Crippen molar-refractivity contribution in [3.05, 3.63) is 29.8 Å². The summed E-state index contributed by atoms with van der Waals surface area (Å²) in [6.07, 6.45) is 15.3. The largest absolute Gasteiger partial charge is 0.558 e. The molecule has 0 N–H and O–H groups in total. The monoisotopic (exact) mass is 392 g/mol. The molecule has 0 spiro atoms. The van der Waals surface area contributed by atoms with E-state index in [2.05, 4.69) is 37.1 Å². The van der Waals surface area contributed by atoms with Crippen LogP contribution in [0.2, 0.25) is 0 Å². The van der Waals surface area contributed by atoms with E-state index >= 15 is 0 Å².